The molecule has 5 nitrogen and oxygen atoms in total. The van der Waals surface area contributed by atoms with Crippen LogP contribution >= 0.6 is 0 Å². The van der Waals surface area contributed by atoms with Crippen molar-refractivity contribution < 1.29 is 23.8 Å². The zero-order chi connectivity index (χ0) is 28.9. The van der Waals surface area contributed by atoms with Crippen LogP contribution in [0.15, 0.2) is 54.6 Å². The largest absolute Gasteiger partial charge is 0.489 e. The van der Waals surface area contributed by atoms with E-state index in [4.69, 9.17) is 14.2 Å². The average Bonchev–Trinajstić information content (AvgIpc) is 2.86. The highest BCUT2D eigenvalue weighted by Crippen LogP contribution is 2.27. The second-order valence-corrected chi connectivity index (χ2v) is 18.4. The van der Waals surface area contributed by atoms with E-state index in [-0.39, 0.29) is 23.8 Å². The number of benzene rings is 2. The van der Waals surface area contributed by atoms with Gasteiger partial charge in [-0.2, -0.15) is 0 Å². The topological polar surface area (TPSA) is 61.8 Å². The van der Waals surface area contributed by atoms with Gasteiger partial charge in [0.1, 0.15) is 18.0 Å². The van der Waals surface area contributed by atoms with Crippen molar-refractivity contribution in [3.05, 3.63) is 65.7 Å². The van der Waals surface area contributed by atoms with E-state index < -0.39 is 13.7 Å². The molecule has 0 unspecified atom stereocenters. The monoisotopic (exact) mass is 554 g/mol. The van der Waals surface area contributed by atoms with Crippen LogP contribution in [0.4, 0.5) is 0 Å². The van der Waals surface area contributed by atoms with E-state index >= 15 is 0 Å². The molecule has 0 fully saturated rings. The van der Waals surface area contributed by atoms with Gasteiger partial charge in [0.15, 0.2) is 0 Å². The summed E-state index contributed by atoms with van der Waals surface area (Å²) in [5.41, 5.74) is 1.70. The van der Waals surface area contributed by atoms with Gasteiger partial charge >= 0.3 is 11.9 Å². The zero-order valence-corrected chi connectivity index (χ0v) is 26.3. The second kappa shape index (κ2) is 15.9. The molecule has 2 atom stereocenters. The van der Waals surface area contributed by atoms with Crippen LogP contribution in [-0.4, -0.2) is 32.2 Å². The van der Waals surface area contributed by atoms with Crippen LogP contribution in [0.5, 0.6) is 5.75 Å². The molecule has 0 radical (unpaired) electrons. The number of unbranched alkanes of at least 4 members (excludes halogenated alkanes) is 1. The predicted molar refractivity (Wildman–Crippen MR) is 162 cm³/mol. The minimum Gasteiger partial charge on any atom is -0.489 e. The lowest BCUT2D eigenvalue weighted by atomic mass is 9.87. The fourth-order valence-corrected chi connectivity index (χ4v) is 4.97. The van der Waals surface area contributed by atoms with Gasteiger partial charge in [-0.15, -0.1) is 0 Å². The number of rotatable bonds is 16. The molecule has 0 aliphatic rings. The van der Waals surface area contributed by atoms with Gasteiger partial charge in [0, 0.05) is 8.07 Å². The van der Waals surface area contributed by atoms with E-state index in [1.807, 2.05) is 63.2 Å². The zero-order valence-electron chi connectivity index (χ0n) is 25.3. The Balaban J connectivity index is 2.07. The van der Waals surface area contributed by atoms with Crippen molar-refractivity contribution >= 4 is 20.0 Å². The first-order valence-corrected chi connectivity index (χ1v) is 18.2. The summed E-state index contributed by atoms with van der Waals surface area (Å²) in [4.78, 5) is 26.3. The molecule has 0 aliphatic heterocycles. The van der Waals surface area contributed by atoms with Crippen molar-refractivity contribution in [1.29, 1.82) is 0 Å². The van der Waals surface area contributed by atoms with Crippen LogP contribution in [0.1, 0.15) is 70.9 Å². The van der Waals surface area contributed by atoms with E-state index in [9.17, 15) is 9.59 Å². The molecular weight excluding hydrogens is 504 g/mol. The van der Waals surface area contributed by atoms with Crippen LogP contribution < -0.4 is 4.74 Å². The summed E-state index contributed by atoms with van der Waals surface area (Å²) in [6.07, 6.45) is 4.44. The van der Waals surface area contributed by atoms with Gasteiger partial charge < -0.3 is 14.2 Å². The van der Waals surface area contributed by atoms with Crippen LogP contribution in [0.2, 0.25) is 25.7 Å². The van der Waals surface area contributed by atoms with Gasteiger partial charge in [-0.3, -0.25) is 9.59 Å². The van der Waals surface area contributed by atoms with Gasteiger partial charge in [-0.1, -0.05) is 81.9 Å². The Labute approximate surface area is 237 Å². The van der Waals surface area contributed by atoms with Crippen molar-refractivity contribution in [1.82, 2.24) is 0 Å². The third kappa shape index (κ3) is 13.8. The molecular formula is C33H50O5Si. The highest BCUT2D eigenvalue weighted by atomic mass is 28.3. The predicted octanol–water partition coefficient (Wildman–Crippen LogP) is 8.23. The van der Waals surface area contributed by atoms with Gasteiger partial charge in [0.05, 0.1) is 18.4 Å². The summed E-state index contributed by atoms with van der Waals surface area (Å²) in [5.74, 6) is -0.256. The van der Waals surface area contributed by atoms with Crippen molar-refractivity contribution in [2.24, 2.45) is 11.8 Å². The molecule has 0 heterocycles. The lowest BCUT2D eigenvalue weighted by Crippen LogP contribution is -2.32. The first-order valence-electron chi connectivity index (χ1n) is 14.5. The van der Waals surface area contributed by atoms with Crippen LogP contribution in [0, 0.1) is 11.8 Å². The Morgan fingerprint density at radius 3 is 2.08 bits per heavy atom. The number of ether oxygens (including phenoxy) is 3. The van der Waals surface area contributed by atoms with E-state index in [1.54, 1.807) is 0 Å². The molecule has 0 N–H and O–H groups in total. The molecule has 2 rings (SSSR count). The number of carbonyl (C=O) groups is 2. The normalized spacial score (nSPS) is 13.4. The molecule has 0 spiro atoms. The van der Waals surface area contributed by atoms with E-state index in [1.165, 1.54) is 0 Å². The minimum atomic E-state index is -1.32. The second-order valence-electron chi connectivity index (χ2n) is 12.7. The quantitative estimate of drug-likeness (QED) is 0.154. The molecule has 39 heavy (non-hydrogen) atoms. The average molecular weight is 555 g/mol. The molecule has 0 aliphatic carbocycles. The molecule has 0 aromatic heterocycles. The summed E-state index contributed by atoms with van der Waals surface area (Å²) in [5, 5.41) is 0. The van der Waals surface area contributed by atoms with E-state index in [0.717, 1.165) is 48.6 Å². The standard InChI is InChI=1S/C33H50O5Si/c1-8-9-15-28(32(35)38-33(2,3)4)24-29(31(34)36-22-23-39(5,6)7)19-16-26-17-20-30(21-18-26)37-25-27-13-11-10-12-14-27/h10-14,17-18,20-21,28-29H,8-9,15-16,19,22-25H2,1-7H3/t28-,29+/m0/s1. The van der Waals surface area contributed by atoms with Crippen molar-refractivity contribution in [2.45, 2.75) is 104 Å². The first kappa shape index (κ1) is 32.6. The Morgan fingerprint density at radius 2 is 1.49 bits per heavy atom. The Bertz CT molecular complexity index is 989. The maximum absolute atomic E-state index is 13.3. The van der Waals surface area contributed by atoms with Gasteiger partial charge in [0.2, 0.25) is 0 Å². The molecule has 0 saturated heterocycles. The van der Waals surface area contributed by atoms with E-state index in [0.29, 0.717) is 26.1 Å². The summed E-state index contributed by atoms with van der Waals surface area (Å²) < 4.78 is 17.4. The number of aryl methyl sites for hydroxylation is 1. The molecule has 2 aromatic carbocycles. The van der Waals surface area contributed by atoms with Crippen LogP contribution in [0.25, 0.3) is 0 Å². The summed E-state index contributed by atoms with van der Waals surface area (Å²) in [7, 11) is -1.32. The van der Waals surface area contributed by atoms with E-state index in [2.05, 4.69) is 38.7 Å². The van der Waals surface area contributed by atoms with Gasteiger partial charge in [0.25, 0.3) is 0 Å². The number of carbonyl (C=O) groups excluding carboxylic acids is 2. The SMILES string of the molecule is CCCC[C@@H](C[C@@H](CCc1ccc(OCc2ccccc2)cc1)C(=O)OCC[Si](C)(C)C)C(=O)OC(C)(C)C. The number of hydrogen-bond donors (Lipinski definition) is 0. The smallest absolute Gasteiger partial charge is 0.309 e. The fourth-order valence-electron chi connectivity index (χ4n) is 4.25. The lowest BCUT2D eigenvalue weighted by Gasteiger charge is -2.26. The molecule has 0 bridgehead atoms. The van der Waals surface area contributed by atoms with Crippen LogP contribution in [0.3, 0.4) is 0 Å². The van der Waals surface area contributed by atoms with Crippen molar-refractivity contribution in [3.63, 3.8) is 0 Å². The lowest BCUT2D eigenvalue weighted by molar-refractivity contribution is -0.162. The van der Waals surface area contributed by atoms with Crippen molar-refractivity contribution in [2.75, 3.05) is 6.61 Å². The van der Waals surface area contributed by atoms with Crippen LogP contribution in [-0.2, 0) is 32.1 Å². The van der Waals surface area contributed by atoms with Gasteiger partial charge in [-0.25, -0.2) is 0 Å². The number of esters is 2. The Morgan fingerprint density at radius 1 is 0.846 bits per heavy atom. The maximum Gasteiger partial charge on any atom is 0.309 e. The minimum absolute atomic E-state index is 0.193. The highest BCUT2D eigenvalue weighted by molar-refractivity contribution is 6.76. The van der Waals surface area contributed by atoms with Gasteiger partial charge in [-0.05, 0) is 75.8 Å². The fraction of sp³-hybridized carbons (Fsp3) is 0.576. The molecule has 0 saturated carbocycles. The third-order valence-corrected chi connectivity index (χ3v) is 8.30. The number of hydrogen-bond acceptors (Lipinski definition) is 5. The maximum atomic E-state index is 13.3. The Hall–Kier alpha value is -2.60. The molecule has 0 amide bonds. The summed E-state index contributed by atoms with van der Waals surface area (Å²) >= 11 is 0. The summed E-state index contributed by atoms with van der Waals surface area (Å²) in [6.45, 7) is 15.6. The molecule has 6 heteroatoms. The first-order chi connectivity index (χ1) is 18.4. The highest BCUT2D eigenvalue weighted by Gasteiger charge is 2.31. The Kier molecular flexibility index (Phi) is 13.3. The third-order valence-electron chi connectivity index (χ3n) is 6.60. The molecule has 216 valence electrons. The summed E-state index contributed by atoms with van der Waals surface area (Å²) in [6, 6.07) is 19.1. The molecule has 2 aromatic rings. The van der Waals surface area contributed by atoms with Crippen molar-refractivity contribution in [3.8, 4) is 5.75 Å².